The molecule has 2 aliphatic rings. The van der Waals surface area contributed by atoms with Crippen molar-refractivity contribution in [1.82, 2.24) is 9.80 Å². The molecule has 2 atom stereocenters. The molecule has 0 aromatic heterocycles. The number of likely N-dealkylation sites (tertiary alicyclic amines) is 2. The summed E-state index contributed by atoms with van der Waals surface area (Å²) < 4.78 is 10.5. The summed E-state index contributed by atoms with van der Waals surface area (Å²) in [5, 5.41) is 0. The molecular weight excluding hydrogens is 296 g/mol. The first kappa shape index (κ1) is 18.0. The Morgan fingerprint density at radius 1 is 1.17 bits per heavy atom. The van der Waals surface area contributed by atoms with E-state index in [0.717, 1.165) is 19.5 Å². The number of carbonyl (C=O) groups excluding carboxylic acids is 2. The van der Waals surface area contributed by atoms with Crippen LogP contribution in [0.5, 0.6) is 0 Å². The first-order valence-corrected chi connectivity index (χ1v) is 8.69. The minimum Gasteiger partial charge on any atom is -0.467 e. The van der Waals surface area contributed by atoms with E-state index in [1.54, 1.807) is 4.90 Å². The van der Waals surface area contributed by atoms with E-state index in [1.807, 2.05) is 20.8 Å². The van der Waals surface area contributed by atoms with E-state index in [1.165, 1.54) is 26.4 Å². The highest BCUT2D eigenvalue weighted by atomic mass is 16.6. The average molecular weight is 326 g/mol. The van der Waals surface area contributed by atoms with Crippen LogP contribution in [-0.2, 0) is 14.3 Å². The summed E-state index contributed by atoms with van der Waals surface area (Å²) in [6, 6.07) is -0.316. The molecule has 0 aromatic rings. The second-order valence-electron chi connectivity index (χ2n) is 7.16. The highest BCUT2D eigenvalue weighted by molar-refractivity contribution is 5.82. The van der Waals surface area contributed by atoms with Crippen molar-refractivity contribution >= 4 is 12.1 Å². The quantitative estimate of drug-likeness (QED) is 0.743. The molecule has 0 bridgehead atoms. The molecular formula is C17H30N2O4. The molecule has 0 aromatic carbocycles. The summed E-state index contributed by atoms with van der Waals surface area (Å²) in [5.74, 6) is -0.351. The molecule has 0 spiro atoms. The van der Waals surface area contributed by atoms with Gasteiger partial charge in [-0.3, -0.25) is 9.80 Å². The van der Waals surface area contributed by atoms with Gasteiger partial charge in [-0.1, -0.05) is 13.3 Å². The molecule has 23 heavy (non-hydrogen) atoms. The molecule has 6 heteroatoms. The lowest BCUT2D eigenvalue weighted by molar-refractivity contribution is -0.145. The zero-order chi connectivity index (χ0) is 17.0. The lowest BCUT2D eigenvalue weighted by Crippen LogP contribution is -2.45. The van der Waals surface area contributed by atoms with Crippen molar-refractivity contribution in [3.05, 3.63) is 0 Å². The highest BCUT2D eigenvalue weighted by Gasteiger charge is 2.44. The van der Waals surface area contributed by atoms with Crippen LogP contribution >= 0.6 is 0 Å². The minimum absolute atomic E-state index is 0.219. The third-order valence-corrected chi connectivity index (χ3v) is 5.11. The summed E-state index contributed by atoms with van der Waals surface area (Å²) in [6.45, 7) is 8.38. The van der Waals surface area contributed by atoms with Crippen molar-refractivity contribution < 1.29 is 19.1 Å². The van der Waals surface area contributed by atoms with Gasteiger partial charge in [-0.25, -0.2) is 9.59 Å². The van der Waals surface area contributed by atoms with Gasteiger partial charge in [0.1, 0.15) is 11.6 Å². The smallest absolute Gasteiger partial charge is 0.411 e. The number of hydrogen-bond donors (Lipinski definition) is 0. The molecule has 0 aliphatic carbocycles. The second-order valence-corrected chi connectivity index (χ2v) is 7.16. The third-order valence-electron chi connectivity index (χ3n) is 5.11. The Bertz CT molecular complexity index is 432. The van der Waals surface area contributed by atoms with Crippen LogP contribution in [-0.4, -0.2) is 66.3 Å². The van der Waals surface area contributed by atoms with Gasteiger partial charge in [0.15, 0.2) is 0 Å². The molecule has 2 heterocycles. The number of hydrogen-bond acceptors (Lipinski definition) is 5. The minimum atomic E-state index is -0.535. The summed E-state index contributed by atoms with van der Waals surface area (Å²) in [4.78, 5) is 28.6. The van der Waals surface area contributed by atoms with Gasteiger partial charge < -0.3 is 9.47 Å². The van der Waals surface area contributed by atoms with Gasteiger partial charge in [0.25, 0.3) is 0 Å². The molecule has 0 N–H and O–H groups in total. The maximum absolute atomic E-state index is 12.6. The second kappa shape index (κ2) is 7.51. The van der Waals surface area contributed by atoms with E-state index in [-0.39, 0.29) is 12.0 Å². The number of rotatable bonds is 4. The van der Waals surface area contributed by atoms with Crippen molar-refractivity contribution in [2.24, 2.45) is 0 Å². The molecule has 1 amide bonds. The van der Waals surface area contributed by atoms with E-state index in [2.05, 4.69) is 4.90 Å². The van der Waals surface area contributed by atoms with E-state index < -0.39 is 17.7 Å². The number of nitrogens with zero attached hydrogens (tertiary/aromatic N) is 2. The molecule has 6 nitrogen and oxygen atoms in total. The summed E-state index contributed by atoms with van der Waals surface area (Å²) in [7, 11) is 1.37. The van der Waals surface area contributed by atoms with Crippen molar-refractivity contribution in [2.75, 3.05) is 26.7 Å². The zero-order valence-corrected chi connectivity index (χ0v) is 14.8. The van der Waals surface area contributed by atoms with E-state index >= 15 is 0 Å². The lowest BCUT2D eigenvalue weighted by atomic mass is 10.1. The van der Waals surface area contributed by atoms with Crippen LogP contribution < -0.4 is 0 Å². The number of ether oxygens (including phenoxy) is 2. The maximum atomic E-state index is 12.6. The summed E-state index contributed by atoms with van der Waals surface area (Å²) in [5.41, 5.74) is -0.527. The molecule has 0 saturated carbocycles. The van der Waals surface area contributed by atoms with Crippen LogP contribution in [0.25, 0.3) is 0 Å². The van der Waals surface area contributed by atoms with E-state index in [9.17, 15) is 9.59 Å². The van der Waals surface area contributed by atoms with Crippen LogP contribution in [0.2, 0.25) is 0 Å². The largest absolute Gasteiger partial charge is 0.467 e. The Morgan fingerprint density at radius 3 is 2.39 bits per heavy atom. The molecule has 2 saturated heterocycles. The van der Waals surface area contributed by atoms with Crippen LogP contribution in [0.4, 0.5) is 4.79 Å². The Hall–Kier alpha value is -1.30. The van der Waals surface area contributed by atoms with Gasteiger partial charge in [-0.15, -0.1) is 0 Å². The lowest BCUT2D eigenvalue weighted by Gasteiger charge is -2.32. The summed E-state index contributed by atoms with van der Waals surface area (Å²) in [6.07, 6.45) is 4.59. The van der Waals surface area contributed by atoms with Crippen molar-refractivity contribution in [2.45, 2.75) is 70.6 Å². The number of methoxy groups -OCH3 is 1. The molecule has 2 fully saturated rings. The Morgan fingerprint density at radius 2 is 1.83 bits per heavy atom. The van der Waals surface area contributed by atoms with Crippen molar-refractivity contribution in [3.63, 3.8) is 0 Å². The fraction of sp³-hybridized carbons (Fsp3) is 0.882. The van der Waals surface area contributed by atoms with Gasteiger partial charge in [0, 0.05) is 12.6 Å². The Labute approximate surface area is 139 Å². The molecule has 132 valence electrons. The first-order valence-electron chi connectivity index (χ1n) is 8.69. The third kappa shape index (κ3) is 4.37. The summed E-state index contributed by atoms with van der Waals surface area (Å²) >= 11 is 0. The van der Waals surface area contributed by atoms with Crippen LogP contribution in [0, 0.1) is 0 Å². The monoisotopic (exact) mass is 326 g/mol. The molecule has 2 rings (SSSR count). The van der Waals surface area contributed by atoms with Crippen LogP contribution in [0.3, 0.4) is 0 Å². The van der Waals surface area contributed by atoms with Gasteiger partial charge in [0.2, 0.25) is 0 Å². The van der Waals surface area contributed by atoms with Crippen molar-refractivity contribution in [3.8, 4) is 0 Å². The Balaban J connectivity index is 2.08. The SMILES string of the molecule is CCC(C)(C)OC(=O)N1C[C@H](N2CCCCC2)C[C@H]1C(=O)OC. The van der Waals surface area contributed by atoms with Crippen LogP contribution in [0.15, 0.2) is 0 Å². The number of carbonyl (C=O) groups is 2. The van der Waals surface area contributed by atoms with Gasteiger partial charge in [0.05, 0.1) is 7.11 Å². The fourth-order valence-corrected chi connectivity index (χ4v) is 3.29. The predicted octanol–water partition coefficient (Wildman–Crippen LogP) is 2.41. The molecule has 2 aliphatic heterocycles. The topological polar surface area (TPSA) is 59.1 Å². The number of esters is 1. The number of piperidine rings is 1. The van der Waals surface area contributed by atoms with Crippen LogP contribution in [0.1, 0.15) is 52.9 Å². The maximum Gasteiger partial charge on any atom is 0.411 e. The number of amides is 1. The molecule has 0 radical (unpaired) electrons. The standard InChI is InChI=1S/C17H30N2O4/c1-5-17(2,3)23-16(21)19-12-13(11-14(19)15(20)22-4)18-9-7-6-8-10-18/h13-14H,5-12H2,1-4H3/t13-,14+/m1/s1. The predicted molar refractivity (Wildman–Crippen MR) is 87.2 cm³/mol. The van der Waals surface area contributed by atoms with Gasteiger partial charge in [-0.05, 0) is 52.6 Å². The molecule has 0 unspecified atom stereocenters. The van der Waals surface area contributed by atoms with Gasteiger partial charge in [-0.2, -0.15) is 0 Å². The average Bonchev–Trinajstić information content (AvgIpc) is 3.00. The van der Waals surface area contributed by atoms with E-state index in [4.69, 9.17) is 9.47 Å². The Kier molecular flexibility index (Phi) is 5.89. The van der Waals surface area contributed by atoms with E-state index in [0.29, 0.717) is 13.0 Å². The van der Waals surface area contributed by atoms with Crippen molar-refractivity contribution in [1.29, 1.82) is 0 Å². The fourth-order valence-electron chi connectivity index (χ4n) is 3.29. The van der Waals surface area contributed by atoms with Gasteiger partial charge >= 0.3 is 12.1 Å². The highest BCUT2D eigenvalue weighted by Crippen LogP contribution is 2.27. The first-order chi connectivity index (χ1) is 10.9. The normalized spacial score (nSPS) is 26.2. The zero-order valence-electron chi connectivity index (χ0n) is 14.8.